The molecule has 3 rings (SSSR count). The van der Waals surface area contributed by atoms with Crippen LogP contribution in [0.15, 0.2) is 41.3 Å². The summed E-state index contributed by atoms with van der Waals surface area (Å²) < 4.78 is 71.0. The molecule has 12 heteroatoms. The highest BCUT2D eigenvalue weighted by Crippen LogP contribution is 2.36. The number of ether oxygens (including phenoxy) is 1. The van der Waals surface area contributed by atoms with Crippen LogP contribution in [0.4, 0.5) is 18.9 Å². The molecule has 162 valence electrons. The summed E-state index contributed by atoms with van der Waals surface area (Å²) in [6, 6.07) is 6.46. The highest BCUT2D eigenvalue weighted by molar-refractivity contribution is 7.89. The molecule has 0 spiro atoms. The number of rotatable bonds is 4. The van der Waals surface area contributed by atoms with Crippen LogP contribution in [-0.4, -0.2) is 44.9 Å². The van der Waals surface area contributed by atoms with Gasteiger partial charge in [0.2, 0.25) is 10.0 Å². The van der Waals surface area contributed by atoms with E-state index in [1.54, 1.807) is 0 Å². The molecule has 0 aliphatic carbocycles. The van der Waals surface area contributed by atoms with Gasteiger partial charge in [-0.05, 0) is 36.4 Å². The largest absolute Gasteiger partial charge is 0.417 e. The first-order valence-electron chi connectivity index (χ1n) is 8.55. The van der Waals surface area contributed by atoms with Crippen molar-refractivity contribution in [2.24, 2.45) is 0 Å². The van der Waals surface area contributed by atoms with Gasteiger partial charge >= 0.3 is 6.18 Å². The van der Waals surface area contributed by atoms with Crippen LogP contribution < -0.4 is 5.32 Å². The Hall–Kier alpha value is -1.85. The van der Waals surface area contributed by atoms with Crippen LogP contribution in [0.5, 0.6) is 0 Å². The van der Waals surface area contributed by atoms with Crippen LogP contribution in [0.3, 0.4) is 0 Å². The molecule has 0 bridgehead atoms. The fourth-order valence-corrected chi connectivity index (χ4v) is 4.66. The van der Waals surface area contributed by atoms with Crippen LogP contribution in [-0.2, 0) is 20.9 Å². The van der Waals surface area contributed by atoms with Crippen molar-refractivity contribution in [2.45, 2.75) is 11.1 Å². The molecule has 1 aliphatic heterocycles. The van der Waals surface area contributed by atoms with E-state index in [1.807, 2.05) is 0 Å². The third kappa shape index (κ3) is 4.89. The maximum atomic E-state index is 13.0. The van der Waals surface area contributed by atoms with Gasteiger partial charge in [-0.25, -0.2) is 8.42 Å². The number of halogens is 5. The quantitative estimate of drug-likeness (QED) is 0.705. The van der Waals surface area contributed by atoms with E-state index in [1.165, 1.54) is 22.5 Å². The second-order valence-electron chi connectivity index (χ2n) is 6.30. The zero-order valence-electron chi connectivity index (χ0n) is 15.2. The number of morpholine rings is 1. The fraction of sp³-hybridized carbons (Fsp3) is 0.278. The van der Waals surface area contributed by atoms with Gasteiger partial charge in [-0.3, -0.25) is 4.79 Å². The lowest BCUT2D eigenvalue weighted by molar-refractivity contribution is -0.137. The molecule has 6 nitrogen and oxygen atoms in total. The van der Waals surface area contributed by atoms with E-state index in [2.05, 4.69) is 5.32 Å². The lowest BCUT2D eigenvalue weighted by Crippen LogP contribution is -2.40. The number of nitrogens with zero attached hydrogens (tertiary/aromatic N) is 1. The summed E-state index contributed by atoms with van der Waals surface area (Å²) in [5.41, 5.74) is -1.49. The number of carbonyl (C=O) groups excluding carboxylic acids is 1. The predicted octanol–water partition coefficient (Wildman–Crippen LogP) is 4.29. The number of nitrogens with one attached hydrogen (secondary N) is 1. The highest BCUT2D eigenvalue weighted by Gasteiger charge is 2.33. The molecular weight excluding hydrogens is 468 g/mol. The van der Waals surface area contributed by atoms with Gasteiger partial charge in [0, 0.05) is 18.8 Å². The monoisotopic (exact) mass is 482 g/mol. The van der Waals surface area contributed by atoms with Gasteiger partial charge < -0.3 is 10.1 Å². The summed E-state index contributed by atoms with van der Waals surface area (Å²) in [6.07, 6.45) is -4.71. The van der Waals surface area contributed by atoms with Crippen LogP contribution in [0, 0.1) is 0 Å². The Kier molecular flexibility index (Phi) is 6.63. The van der Waals surface area contributed by atoms with Gasteiger partial charge in [-0.2, -0.15) is 17.5 Å². The van der Waals surface area contributed by atoms with E-state index in [4.69, 9.17) is 27.9 Å². The first-order valence-corrected chi connectivity index (χ1v) is 10.8. The summed E-state index contributed by atoms with van der Waals surface area (Å²) >= 11 is 11.6. The number of alkyl halides is 3. The lowest BCUT2D eigenvalue weighted by Gasteiger charge is -2.26. The third-order valence-electron chi connectivity index (χ3n) is 4.32. The summed E-state index contributed by atoms with van der Waals surface area (Å²) in [5, 5.41) is 1.71. The summed E-state index contributed by atoms with van der Waals surface area (Å²) in [4.78, 5) is 12.4. The minimum atomic E-state index is -4.71. The topological polar surface area (TPSA) is 75.7 Å². The van der Waals surface area contributed by atoms with E-state index in [9.17, 15) is 26.4 Å². The molecule has 0 radical (unpaired) electrons. The zero-order chi connectivity index (χ0) is 22.1. The minimum Gasteiger partial charge on any atom is -0.379 e. The van der Waals surface area contributed by atoms with E-state index < -0.39 is 32.7 Å². The second kappa shape index (κ2) is 8.72. The fourth-order valence-electron chi connectivity index (χ4n) is 2.79. The molecule has 1 N–H and O–H groups in total. The molecule has 1 aliphatic rings. The summed E-state index contributed by atoms with van der Waals surface area (Å²) in [6.45, 7) is 0.825. The molecule has 0 aromatic heterocycles. The van der Waals surface area contributed by atoms with Crippen LogP contribution in [0.1, 0.15) is 15.9 Å². The molecule has 1 heterocycles. The number of amides is 1. The summed E-state index contributed by atoms with van der Waals surface area (Å²) in [7, 11) is -3.89. The summed E-state index contributed by atoms with van der Waals surface area (Å²) in [5.74, 6) is -0.866. The first-order chi connectivity index (χ1) is 14.0. The average molecular weight is 483 g/mol. The molecular formula is C18H15Cl2F3N2O4S. The van der Waals surface area contributed by atoms with Crippen molar-refractivity contribution in [2.75, 3.05) is 31.6 Å². The van der Waals surface area contributed by atoms with Crippen molar-refractivity contribution in [3.8, 4) is 0 Å². The molecule has 0 atom stereocenters. The van der Waals surface area contributed by atoms with Gasteiger partial charge in [-0.15, -0.1) is 0 Å². The zero-order valence-corrected chi connectivity index (χ0v) is 17.5. The Morgan fingerprint density at radius 3 is 2.30 bits per heavy atom. The molecule has 1 fully saturated rings. The van der Waals surface area contributed by atoms with Crippen molar-refractivity contribution >= 4 is 44.8 Å². The number of hydrogen-bond donors (Lipinski definition) is 1. The van der Waals surface area contributed by atoms with Crippen molar-refractivity contribution in [3.63, 3.8) is 0 Å². The Balaban J connectivity index is 1.89. The minimum absolute atomic E-state index is 0.0570. The first kappa shape index (κ1) is 22.8. The lowest BCUT2D eigenvalue weighted by atomic mass is 10.1. The van der Waals surface area contributed by atoms with Crippen molar-refractivity contribution in [1.29, 1.82) is 0 Å². The van der Waals surface area contributed by atoms with Gasteiger partial charge in [0.1, 0.15) is 0 Å². The molecule has 1 saturated heterocycles. The van der Waals surface area contributed by atoms with Gasteiger partial charge in [0.05, 0.1) is 39.3 Å². The number of carbonyl (C=O) groups is 1. The molecule has 1 amide bonds. The Bertz CT molecular complexity index is 1070. The number of anilines is 1. The number of hydrogen-bond acceptors (Lipinski definition) is 4. The predicted molar refractivity (Wildman–Crippen MR) is 105 cm³/mol. The normalized spacial score (nSPS) is 15.8. The van der Waals surface area contributed by atoms with E-state index in [0.29, 0.717) is 6.07 Å². The maximum Gasteiger partial charge on any atom is 0.417 e. The maximum absolute atomic E-state index is 13.0. The van der Waals surface area contributed by atoms with Crippen molar-refractivity contribution < 1.29 is 31.1 Å². The number of sulfonamides is 1. The van der Waals surface area contributed by atoms with Crippen molar-refractivity contribution in [3.05, 3.63) is 57.6 Å². The van der Waals surface area contributed by atoms with E-state index >= 15 is 0 Å². The Morgan fingerprint density at radius 2 is 1.67 bits per heavy atom. The molecule has 0 saturated carbocycles. The molecule has 30 heavy (non-hydrogen) atoms. The third-order valence-corrected chi connectivity index (χ3v) is 6.87. The molecule has 2 aromatic carbocycles. The average Bonchev–Trinajstić information content (AvgIpc) is 2.69. The van der Waals surface area contributed by atoms with Gasteiger partial charge in [0.15, 0.2) is 0 Å². The second-order valence-corrected chi connectivity index (χ2v) is 9.06. The Morgan fingerprint density at radius 1 is 1.03 bits per heavy atom. The Labute approximate surface area is 180 Å². The van der Waals surface area contributed by atoms with E-state index in [0.717, 1.165) is 12.1 Å². The van der Waals surface area contributed by atoms with E-state index in [-0.39, 0.29) is 47.5 Å². The number of benzene rings is 2. The van der Waals surface area contributed by atoms with Gasteiger partial charge in [-0.1, -0.05) is 23.2 Å². The van der Waals surface area contributed by atoms with Crippen LogP contribution in [0.25, 0.3) is 0 Å². The van der Waals surface area contributed by atoms with Crippen LogP contribution in [0.2, 0.25) is 10.0 Å². The van der Waals surface area contributed by atoms with Crippen LogP contribution >= 0.6 is 23.2 Å². The molecule has 2 aromatic rings. The van der Waals surface area contributed by atoms with Crippen molar-refractivity contribution in [1.82, 2.24) is 4.31 Å². The smallest absolute Gasteiger partial charge is 0.379 e. The highest BCUT2D eigenvalue weighted by atomic mass is 35.5. The van der Waals surface area contributed by atoms with Gasteiger partial charge in [0.25, 0.3) is 5.91 Å². The molecule has 0 unspecified atom stereocenters. The standard InChI is InChI=1S/C18H15Cl2F3N2O4S/c19-15-4-2-12(30(27,28)25-5-7-29-8-6-25)10-13(15)17(26)24-11-1-3-16(20)14(9-11)18(21,22)23/h1-4,9-10H,5-8H2,(H,24,26). The SMILES string of the molecule is O=C(Nc1ccc(Cl)c(C(F)(F)F)c1)c1cc(S(=O)(=O)N2CCOCC2)ccc1Cl.